The molecule has 0 unspecified atom stereocenters. The van der Waals surface area contributed by atoms with Crippen molar-refractivity contribution in [2.45, 2.75) is 19.9 Å². The molecule has 0 amide bonds. The van der Waals surface area contributed by atoms with Crippen molar-refractivity contribution < 1.29 is 9.26 Å². The molecule has 0 N–H and O–H groups in total. The van der Waals surface area contributed by atoms with Gasteiger partial charge in [-0.1, -0.05) is 16.8 Å². The topological polar surface area (TPSA) is 38.5 Å². The summed E-state index contributed by atoms with van der Waals surface area (Å²) in [5.41, 5.74) is 0.962. The minimum Gasteiger partial charge on any atom is -0.494 e. The molecular formula is C15H19ClN2O2. The van der Waals surface area contributed by atoms with Crippen molar-refractivity contribution in [3.8, 4) is 5.75 Å². The van der Waals surface area contributed by atoms with Gasteiger partial charge in [0.05, 0.1) is 12.3 Å². The molecule has 2 aromatic rings. The van der Waals surface area contributed by atoms with Gasteiger partial charge >= 0.3 is 0 Å². The van der Waals surface area contributed by atoms with E-state index in [1.165, 1.54) is 0 Å². The molecule has 0 fully saturated rings. The summed E-state index contributed by atoms with van der Waals surface area (Å²) in [6, 6.07) is 9.38. The van der Waals surface area contributed by atoms with Crippen LogP contribution in [0.1, 0.15) is 17.9 Å². The highest BCUT2D eigenvalue weighted by Crippen LogP contribution is 2.15. The van der Waals surface area contributed by atoms with Gasteiger partial charge in [0.25, 0.3) is 0 Å². The summed E-state index contributed by atoms with van der Waals surface area (Å²) < 4.78 is 10.7. The fraction of sp³-hybridized carbons (Fsp3) is 0.400. The van der Waals surface area contributed by atoms with Gasteiger partial charge in [0, 0.05) is 24.2 Å². The average Bonchev–Trinajstić information content (AvgIpc) is 2.82. The van der Waals surface area contributed by atoms with E-state index in [2.05, 4.69) is 17.1 Å². The number of halogens is 1. The van der Waals surface area contributed by atoms with Crippen LogP contribution in [0.3, 0.4) is 0 Å². The molecule has 0 aliphatic carbocycles. The van der Waals surface area contributed by atoms with Crippen molar-refractivity contribution in [3.05, 3.63) is 46.8 Å². The zero-order chi connectivity index (χ0) is 14.4. The lowest BCUT2D eigenvalue weighted by Gasteiger charge is -2.14. The molecule has 2 rings (SSSR count). The van der Waals surface area contributed by atoms with Crippen LogP contribution in [-0.2, 0) is 6.54 Å². The van der Waals surface area contributed by atoms with E-state index in [9.17, 15) is 0 Å². The summed E-state index contributed by atoms with van der Waals surface area (Å²) in [5.74, 6) is 1.70. The van der Waals surface area contributed by atoms with Crippen molar-refractivity contribution in [2.24, 2.45) is 0 Å². The van der Waals surface area contributed by atoms with Gasteiger partial charge in [-0.05, 0) is 44.7 Å². The van der Waals surface area contributed by atoms with E-state index in [4.69, 9.17) is 20.9 Å². The van der Waals surface area contributed by atoms with Crippen LogP contribution in [0.4, 0.5) is 0 Å². The maximum absolute atomic E-state index is 5.82. The molecule has 0 saturated carbocycles. The summed E-state index contributed by atoms with van der Waals surface area (Å²) in [5, 5.41) is 4.70. The molecule has 0 radical (unpaired) electrons. The van der Waals surface area contributed by atoms with Crippen LogP contribution in [0.25, 0.3) is 0 Å². The minimum absolute atomic E-state index is 0.684. The summed E-state index contributed by atoms with van der Waals surface area (Å²) in [6.07, 6.45) is 0.954. The van der Waals surface area contributed by atoms with E-state index >= 15 is 0 Å². The third kappa shape index (κ3) is 4.87. The van der Waals surface area contributed by atoms with Gasteiger partial charge in [-0.3, -0.25) is 0 Å². The SMILES string of the molecule is Cc1cc(CN(C)CCCOc2ccc(Cl)cc2)no1. The highest BCUT2D eigenvalue weighted by molar-refractivity contribution is 6.30. The second kappa shape index (κ2) is 7.31. The molecule has 0 bridgehead atoms. The summed E-state index contributed by atoms with van der Waals surface area (Å²) >= 11 is 5.82. The summed E-state index contributed by atoms with van der Waals surface area (Å²) in [4.78, 5) is 2.20. The largest absolute Gasteiger partial charge is 0.494 e. The number of hydrogen-bond donors (Lipinski definition) is 0. The van der Waals surface area contributed by atoms with Crippen LogP contribution >= 0.6 is 11.6 Å². The predicted octanol–water partition coefficient (Wildman–Crippen LogP) is 3.54. The van der Waals surface area contributed by atoms with E-state index in [1.807, 2.05) is 37.3 Å². The highest BCUT2D eigenvalue weighted by atomic mass is 35.5. The van der Waals surface area contributed by atoms with E-state index in [0.29, 0.717) is 6.61 Å². The molecule has 0 spiro atoms. The van der Waals surface area contributed by atoms with Gasteiger partial charge in [-0.15, -0.1) is 0 Å². The van der Waals surface area contributed by atoms with Crippen LogP contribution in [0.5, 0.6) is 5.75 Å². The lowest BCUT2D eigenvalue weighted by Crippen LogP contribution is -2.20. The average molecular weight is 295 g/mol. The van der Waals surface area contributed by atoms with Gasteiger partial charge in [-0.2, -0.15) is 0 Å². The summed E-state index contributed by atoms with van der Waals surface area (Å²) in [7, 11) is 2.06. The molecule has 108 valence electrons. The fourth-order valence-electron chi connectivity index (χ4n) is 1.90. The van der Waals surface area contributed by atoms with E-state index in [-0.39, 0.29) is 0 Å². The number of nitrogens with zero attached hydrogens (tertiary/aromatic N) is 2. The standard InChI is InChI=1S/C15H19ClN2O2/c1-12-10-14(17-20-12)11-18(2)8-3-9-19-15-6-4-13(16)5-7-15/h4-7,10H,3,8-9,11H2,1-2H3. The lowest BCUT2D eigenvalue weighted by molar-refractivity contribution is 0.254. The van der Waals surface area contributed by atoms with E-state index in [0.717, 1.165) is 41.7 Å². The first kappa shape index (κ1) is 14.9. The fourth-order valence-corrected chi connectivity index (χ4v) is 2.03. The second-order valence-corrected chi connectivity index (χ2v) is 5.26. The smallest absolute Gasteiger partial charge is 0.133 e. The maximum Gasteiger partial charge on any atom is 0.133 e. The molecule has 0 saturated heterocycles. The van der Waals surface area contributed by atoms with Crippen LogP contribution < -0.4 is 4.74 Å². The number of rotatable bonds is 7. The van der Waals surface area contributed by atoms with Gasteiger partial charge in [0.15, 0.2) is 0 Å². The first-order chi connectivity index (χ1) is 9.63. The Bertz CT molecular complexity index is 525. The molecule has 1 aromatic heterocycles. The van der Waals surface area contributed by atoms with Gasteiger partial charge in [-0.25, -0.2) is 0 Å². The minimum atomic E-state index is 0.684. The monoisotopic (exact) mass is 294 g/mol. The maximum atomic E-state index is 5.82. The van der Waals surface area contributed by atoms with Crippen molar-refractivity contribution in [1.82, 2.24) is 10.1 Å². The molecule has 0 aliphatic heterocycles. The number of aryl methyl sites for hydroxylation is 1. The molecular weight excluding hydrogens is 276 g/mol. The molecule has 0 atom stereocenters. The first-order valence-corrected chi connectivity index (χ1v) is 7.00. The predicted molar refractivity (Wildman–Crippen MR) is 79.1 cm³/mol. The van der Waals surface area contributed by atoms with Gasteiger partial charge in [0.2, 0.25) is 0 Å². The van der Waals surface area contributed by atoms with E-state index < -0.39 is 0 Å². The molecule has 20 heavy (non-hydrogen) atoms. The number of aromatic nitrogens is 1. The van der Waals surface area contributed by atoms with Gasteiger partial charge < -0.3 is 14.2 Å². The Hall–Kier alpha value is -1.52. The highest BCUT2D eigenvalue weighted by Gasteiger charge is 2.04. The van der Waals surface area contributed by atoms with Crippen LogP contribution in [0, 0.1) is 6.92 Å². The molecule has 1 heterocycles. The van der Waals surface area contributed by atoms with Crippen molar-refractivity contribution in [2.75, 3.05) is 20.2 Å². The van der Waals surface area contributed by atoms with Gasteiger partial charge in [0.1, 0.15) is 11.5 Å². The van der Waals surface area contributed by atoms with E-state index in [1.54, 1.807) is 0 Å². The Morgan fingerprint density at radius 1 is 1.30 bits per heavy atom. The zero-order valence-electron chi connectivity index (χ0n) is 11.8. The number of ether oxygens (including phenoxy) is 1. The normalized spacial score (nSPS) is 11.0. The Morgan fingerprint density at radius 2 is 2.05 bits per heavy atom. The van der Waals surface area contributed by atoms with Crippen molar-refractivity contribution in [1.29, 1.82) is 0 Å². The second-order valence-electron chi connectivity index (χ2n) is 4.82. The Kier molecular flexibility index (Phi) is 5.44. The number of benzene rings is 1. The van der Waals surface area contributed by atoms with Crippen LogP contribution in [-0.4, -0.2) is 30.3 Å². The zero-order valence-corrected chi connectivity index (χ0v) is 12.6. The van der Waals surface area contributed by atoms with Crippen molar-refractivity contribution in [3.63, 3.8) is 0 Å². The molecule has 5 heteroatoms. The van der Waals surface area contributed by atoms with Crippen LogP contribution in [0.15, 0.2) is 34.9 Å². The molecule has 0 aliphatic rings. The molecule has 4 nitrogen and oxygen atoms in total. The lowest BCUT2D eigenvalue weighted by atomic mass is 10.3. The summed E-state index contributed by atoms with van der Waals surface area (Å²) in [6.45, 7) is 4.32. The quantitative estimate of drug-likeness (QED) is 0.732. The third-order valence-corrected chi connectivity index (χ3v) is 3.13. The Labute approximate surface area is 124 Å². The Morgan fingerprint density at radius 3 is 2.70 bits per heavy atom. The first-order valence-electron chi connectivity index (χ1n) is 6.62. The van der Waals surface area contributed by atoms with Crippen LogP contribution in [0.2, 0.25) is 5.02 Å². The third-order valence-electron chi connectivity index (χ3n) is 2.88. The number of hydrogen-bond acceptors (Lipinski definition) is 4. The molecule has 1 aromatic carbocycles. The van der Waals surface area contributed by atoms with Crippen molar-refractivity contribution >= 4 is 11.6 Å². The Balaban J connectivity index is 1.64.